The number of benzene rings is 2. The lowest BCUT2D eigenvalue weighted by molar-refractivity contribution is 0.120. The Morgan fingerprint density at radius 1 is 0.846 bits per heavy atom. The van der Waals surface area contributed by atoms with Crippen LogP contribution in [0.5, 0.6) is 5.75 Å². The lowest BCUT2D eigenvalue weighted by Crippen LogP contribution is -2.27. The molecule has 5 rings (SSSR count). The number of halogens is 1. The molecule has 1 aromatic heterocycles. The zero-order valence-corrected chi connectivity index (χ0v) is 23.9. The van der Waals surface area contributed by atoms with Crippen molar-refractivity contribution in [3.63, 3.8) is 0 Å². The molecule has 0 N–H and O–H groups in total. The maximum absolute atomic E-state index is 15.4. The predicted octanol–water partition coefficient (Wildman–Crippen LogP) is 9.73. The molecule has 0 radical (unpaired) electrons. The van der Waals surface area contributed by atoms with Gasteiger partial charge in [0, 0.05) is 5.56 Å². The molecule has 0 saturated heterocycles. The van der Waals surface area contributed by atoms with E-state index in [1.165, 1.54) is 63.4 Å². The van der Waals surface area contributed by atoms with Crippen molar-refractivity contribution in [2.75, 3.05) is 6.61 Å². The molecule has 0 unspecified atom stereocenters. The second kappa shape index (κ2) is 13.2. The van der Waals surface area contributed by atoms with E-state index >= 15 is 4.39 Å². The molecule has 2 aliphatic rings. The molecule has 210 valence electrons. The van der Waals surface area contributed by atoms with Gasteiger partial charge < -0.3 is 9.15 Å². The molecule has 0 spiro atoms. The van der Waals surface area contributed by atoms with Crippen LogP contribution in [0.15, 0.2) is 51.7 Å². The maximum Gasteiger partial charge on any atom is 0.347 e. The van der Waals surface area contributed by atoms with E-state index in [1.807, 2.05) is 24.3 Å². The smallest absolute Gasteiger partial charge is 0.347 e. The van der Waals surface area contributed by atoms with Crippen molar-refractivity contribution in [1.82, 2.24) is 0 Å². The van der Waals surface area contributed by atoms with Crippen LogP contribution in [0.3, 0.4) is 0 Å². The van der Waals surface area contributed by atoms with E-state index in [4.69, 9.17) is 9.15 Å². The van der Waals surface area contributed by atoms with Crippen molar-refractivity contribution in [3.05, 3.63) is 64.3 Å². The predicted molar refractivity (Wildman–Crippen MR) is 158 cm³/mol. The Hall–Kier alpha value is -2.62. The summed E-state index contributed by atoms with van der Waals surface area (Å²) in [4.78, 5) is 12.8. The first kappa shape index (κ1) is 27.9. The van der Waals surface area contributed by atoms with Gasteiger partial charge in [0.1, 0.15) is 11.1 Å². The molecular weight excluding hydrogens is 487 g/mol. The van der Waals surface area contributed by atoms with Gasteiger partial charge in [0.2, 0.25) is 0 Å². The molecule has 4 heteroatoms. The molecular formula is C35H45FO3. The highest BCUT2D eigenvalue weighted by molar-refractivity contribution is 5.86. The molecule has 0 bridgehead atoms. The van der Waals surface area contributed by atoms with Crippen molar-refractivity contribution >= 4 is 10.8 Å². The van der Waals surface area contributed by atoms with Gasteiger partial charge in [-0.1, -0.05) is 82.7 Å². The molecule has 3 aromatic rings. The van der Waals surface area contributed by atoms with Crippen LogP contribution in [-0.2, 0) is 6.42 Å². The highest BCUT2D eigenvalue weighted by Gasteiger charge is 2.31. The van der Waals surface area contributed by atoms with Crippen molar-refractivity contribution in [1.29, 1.82) is 0 Å². The van der Waals surface area contributed by atoms with Gasteiger partial charge in [-0.15, -0.1) is 0 Å². The molecule has 39 heavy (non-hydrogen) atoms. The number of rotatable bonds is 10. The fourth-order valence-electron chi connectivity index (χ4n) is 7.07. The van der Waals surface area contributed by atoms with Crippen LogP contribution in [0, 0.1) is 29.5 Å². The third-order valence-electron chi connectivity index (χ3n) is 9.50. The highest BCUT2D eigenvalue weighted by atomic mass is 19.1. The zero-order valence-electron chi connectivity index (χ0n) is 23.9. The number of unbranched alkanes of at least 4 members (excludes halogenated alkanes) is 1. The molecule has 0 atom stereocenters. The number of aryl methyl sites for hydroxylation is 1. The van der Waals surface area contributed by atoms with Crippen molar-refractivity contribution in [2.24, 2.45) is 23.7 Å². The minimum absolute atomic E-state index is 0.0305. The standard InChI is InChI=1S/C35H45FO3/c1-3-5-7-25-8-14-27(15-9-25)28-16-12-26(13-17-28)23-38-31-21-20-30-22-32(39-35(37)33(30)34(31)36)29-18-10-24(6-4-2)11-19-29/h10-11,18-22,25-28H,3-9,12-17,23H2,1-2H3. The van der Waals surface area contributed by atoms with Gasteiger partial charge in [0.05, 0.1) is 6.61 Å². The quantitative estimate of drug-likeness (QED) is 0.261. The molecule has 1 heterocycles. The first-order valence-corrected chi connectivity index (χ1v) is 15.5. The van der Waals surface area contributed by atoms with Gasteiger partial charge in [-0.25, -0.2) is 9.18 Å². The van der Waals surface area contributed by atoms with Crippen LogP contribution in [-0.4, -0.2) is 6.61 Å². The Morgan fingerprint density at radius 2 is 1.51 bits per heavy atom. The minimum atomic E-state index is -0.659. The van der Waals surface area contributed by atoms with Crippen LogP contribution >= 0.6 is 0 Å². The summed E-state index contributed by atoms with van der Waals surface area (Å²) in [5, 5.41) is 0.505. The van der Waals surface area contributed by atoms with Crippen LogP contribution in [0.2, 0.25) is 0 Å². The molecule has 0 aliphatic heterocycles. The lowest BCUT2D eigenvalue weighted by Gasteiger charge is -2.38. The minimum Gasteiger partial charge on any atom is -0.490 e. The van der Waals surface area contributed by atoms with Gasteiger partial charge in [-0.2, -0.15) is 0 Å². The number of hydrogen-bond donors (Lipinski definition) is 0. The molecule has 2 aromatic carbocycles. The van der Waals surface area contributed by atoms with Crippen LogP contribution < -0.4 is 10.4 Å². The maximum atomic E-state index is 15.4. The summed E-state index contributed by atoms with van der Waals surface area (Å²) < 4.78 is 26.9. The van der Waals surface area contributed by atoms with Gasteiger partial charge in [-0.3, -0.25) is 0 Å². The molecule has 3 nitrogen and oxygen atoms in total. The number of ether oxygens (including phenoxy) is 1. The summed E-state index contributed by atoms with van der Waals surface area (Å²) >= 11 is 0. The zero-order chi connectivity index (χ0) is 27.2. The number of fused-ring (bicyclic) bond motifs is 1. The van der Waals surface area contributed by atoms with Crippen molar-refractivity contribution < 1.29 is 13.5 Å². The fourth-order valence-corrected chi connectivity index (χ4v) is 7.07. The Labute approximate surface area is 233 Å². The highest BCUT2D eigenvalue weighted by Crippen LogP contribution is 2.42. The monoisotopic (exact) mass is 532 g/mol. The molecule has 2 fully saturated rings. The van der Waals surface area contributed by atoms with E-state index < -0.39 is 11.4 Å². The van der Waals surface area contributed by atoms with Gasteiger partial charge >= 0.3 is 5.63 Å². The van der Waals surface area contributed by atoms with Gasteiger partial charge in [0.15, 0.2) is 11.6 Å². The molecule has 2 saturated carbocycles. The second-order valence-corrected chi connectivity index (χ2v) is 12.2. The summed E-state index contributed by atoms with van der Waals surface area (Å²) in [5.74, 6) is 3.17. The topological polar surface area (TPSA) is 39.4 Å². The van der Waals surface area contributed by atoms with Crippen molar-refractivity contribution in [2.45, 2.75) is 97.3 Å². The van der Waals surface area contributed by atoms with E-state index in [9.17, 15) is 4.79 Å². The average molecular weight is 533 g/mol. The third-order valence-corrected chi connectivity index (χ3v) is 9.50. The second-order valence-electron chi connectivity index (χ2n) is 12.2. The van der Waals surface area contributed by atoms with Crippen LogP contribution in [0.4, 0.5) is 4.39 Å². The SMILES string of the molecule is CCCCC1CCC(C2CCC(COc3ccc4cc(-c5ccc(CCC)cc5)oc(=O)c4c3F)CC2)CC1. The lowest BCUT2D eigenvalue weighted by atomic mass is 9.69. The summed E-state index contributed by atoms with van der Waals surface area (Å²) in [6.07, 6.45) is 16.7. The Bertz CT molecular complexity index is 1260. The van der Waals surface area contributed by atoms with E-state index in [1.54, 1.807) is 18.2 Å². The summed E-state index contributed by atoms with van der Waals surface area (Å²) in [6, 6.07) is 13.2. The van der Waals surface area contributed by atoms with Crippen molar-refractivity contribution in [3.8, 4) is 17.1 Å². The normalized spacial score (nSPS) is 23.7. The Morgan fingerprint density at radius 3 is 2.15 bits per heavy atom. The Balaban J connectivity index is 1.16. The third kappa shape index (κ3) is 6.76. The first-order valence-electron chi connectivity index (χ1n) is 15.5. The molecule has 2 aliphatic carbocycles. The Kier molecular flexibility index (Phi) is 9.42. The number of hydrogen-bond acceptors (Lipinski definition) is 3. The largest absolute Gasteiger partial charge is 0.490 e. The van der Waals surface area contributed by atoms with Gasteiger partial charge in [0.25, 0.3) is 0 Å². The van der Waals surface area contributed by atoms with E-state index in [0.717, 1.165) is 49.0 Å². The van der Waals surface area contributed by atoms with E-state index in [2.05, 4.69) is 13.8 Å². The van der Waals surface area contributed by atoms with E-state index in [0.29, 0.717) is 23.7 Å². The molecule has 0 amide bonds. The van der Waals surface area contributed by atoms with Gasteiger partial charge in [-0.05, 0) is 91.7 Å². The first-order chi connectivity index (χ1) is 19.1. The van der Waals surface area contributed by atoms with E-state index in [-0.39, 0.29) is 11.1 Å². The summed E-state index contributed by atoms with van der Waals surface area (Å²) in [7, 11) is 0. The summed E-state index contributed by atoms with van der Waals surface area (Å²) in [5.41, 5.74) is 1.40. The van der Waals surface area contributed by atoms with Crippen LogP contribution in [0.25, 0.3) is 22.1 Å². The average Bonchev–Trinajstić information content (AvgIpc) is 2.96. The van der Waals surface area contributed by atoms with Crippen LogP contribution in [0.1, 0.15) is 96.5 Å². The fraction of sp³-hybridized carbons (Fsp3) is 0.571. The summed E-state index contributed by atoms with van der Waals surface area (Å²) in [6.45, 7) is 4.95.